The molecule has 0 aliphatic rings. The number of hydrogen-bond acceptors (Lipinski definition) is 4. The molecule has 2 aromatic rings. The number of unbranched alkanes of at least 4 members (excludes halogenated alkanes) is 5. The Bertz CT molecular complexity index is 711. The summed E-state index contributed by atoms with van der Waals surface area (Å²) in [4.78, 5) is 8.95. The Kier molecular flexibility index (Phi) is 13.3. The Hall–Kier alpha value is -2.20. The van der Waals surface area contributed by atoms with E-state index in [1.165, 1.54) is 31.2 Å². The number of rotatable bonds is 17. The molecule has 0 bridgehead atoms. The Labute approximate surface area is 189 Å². The van der Waals surface area contributed by atoms with Crippen molar-refractivity contribution in [1.82, 2.24) is 9.97 Å². The molecule has 0 aliphatic heterocycles. The maximum Gasteiger partial charge on any atom is 0.159 e. The summed E-state index contributed by atoms with van der Waals surface area (Å²) in [5.74, 6) is 1.48. The normalized spacial score (nSPS) is 11.3. The van der Waals surface area contributed by atoms with Crippen LogP contribution in [0.2, 0.25) is 0 Å². The van der Waals surface area contributed by atoms with Crippen molar-refractivity contribution in [2.75, 3.05) is 19.8 Å². The SMILES string of the molecule is CCC/C=C\CCCCOc1cnc(-c2ccc(CCCCCOCCC)cc2)nc1. The highest BCUT2D eigenvalue weighted by atomic mass is 16.5. The van der Waals surface area contributed by atoms with Gasteiger partial charge in [-0.25, -0.2) is 9.97 Å². The molecule has 0 spiro atoms. The maximum absolute atomic E-state index is 5.77. The zero-order valence-electron chi connectivity index (χ0n) is 19.5. The van der Waals surface area contributed by atoms with Crippen LogP contribution in [-0.2, 0) is 11.2 Å². The van der Waals surface area contributed by atoms with Crippen LogP contribution in [0.15, 0.2) is 48.8 Å². The second-order valence-electron chi connectivity index (χ2n) is 7.97. The number of aromatic nitrogens is 2. The lowest BCUT2D eigenvalue weighted by atomic mass is 10.0. The Balaban J connectivity index is 1.65. The Morgan fingerprint density at radius 1 is 0.742 bits per heavy atom. The van der Waals surface area contributed by atoms with Gasteiger partial charge in [-0.1, -0.05) is 63.1 Å². The highest BCUT2D eigenvalue weighted by Gasteiger charge is 2.03. The smallest absolute Gasteiger partial charge is 0.159 e. The lowest BCUT2D eigenvalue weighted by molar-refractivity contribution is 0.130. The minimum absolute atomic E-state index is 0.712. The number of nitrogens with zero attached hydrogens (tertiary/aromatic N) is 2. The van der Waals surface area contributed by atoms with Crippen molar-refractivity contribution in [3.63, 3.8) is 0 Å². The molecule has 0 radical (unpaired) electrons. The van der Waals surface area contributed by atoms with Gasteiger partial charge in [-0.05, 0) is 56.9 Å². The van der Waals surface area contributed by atoms with E-state index in [-0.39, 0.29) is 0 Å². The minimum atomic E-state index is 0.712. The molecule has 0 atom stereocenters. The van der Waals surface area contributed by atoms with Crippen LogP contribution in [-0.4, -0.2) is 29.8 Å². The second-order valence-corrected chi connectivity index (χ2v) is 7.97. The Morgan fingerprint density at radius 3 is 2.23 bits per heavy atom. The summed E-state index contributed by atoms with van der Waals surface area (Å²) in [6.07, 6.45) is 19.6. The molecule has 0 amide bonds. The van der Waals surface area contributed by atoms with E-state index >= 15 is 0 Å². The number of allylic oxidation sites excluding steroid dienone is 2. The predicted molar refractivity (Wildman–Crippen MR) is 130 cm³/mol. The largest absolute Gasteiger partial charge is 0.490 e. The van der Waals surface area contributed by atoms with Gasteiger partial charge in [0.2, 0.25) is 0 Å². The molecule has 0 saturated carbocycles. The molecule has 0 N–H and O–H groups in total. The van der Waals surface area contributed by atoms with Crippen molar-refractivity contribution >= 4 is 0 Å². The van der Waals surface area contributed by atoms with Crippen LogP contribution < -0.4 is 4.74 Å². The van der Waals surface area contributed by atoms with Crippen LogP contribution in [0.5, 0.6) is 5.75 Å². The lowest BCUT2D eigenvalue weighted by Crippen LogP contribution is -1.99. The number of benzene rings is 1. The van der Waals surface area contributed by atoms with Gasteiger partial charge in [0.15, 0.2) is 11.6 Å². The zero-order valence-corrected chi connectivity index (χ0v) is 19.5. The van der Waals surface area contributed by atoms with Crippen LogP contribution in [0.4, 0.5) is 0 Å². The van der Waals surface area contributed by atoms with E-state index < -0.39 is 0 Å². The summed E-state index contributed by atoms with van der Waals surface area (Å²) in [6.45, 7) is 6.83. The maximum atomic E-state index is 5.77. The van der Waals surface area contributed by atoms with Gasteiger partial charge in [0, 0.05) is 18.8 Å². The van der Waals surface area contributed by atoms with Crippen molar-refractivity contribution in [1.29, 1.82) is 0 Å². The van der Waals surface area contributed by atoms with E-state index in [1.54, 1.807) is 12.4 Å². The first-order valence-corrected chi connectivity index (χ1v) is 12.1. The third-order valence-electron chi connectivity index (χ3n) is 5.10. The van der Waals surface area contributed by atoms with E-state index in [2.05, 4.69) is 60.2 Å². The quantitative estimate of drug-likeness (QED) is 0.199. The summed E-state index contributed by atoms with van der Waals surface area (Å²) < 4.78 is 11.3. The summed E-state index contributed by atoms with van der Waals surface area (Å²) in [6, 6.07) is 8.60. The number of hydrogen-bond donors (Lipinski definition) is 0. The predicted octanol–water partition coefficient (Wildman–Crippen LogP) is 7.19. The molecule has 0 fully saturated rings. The van der Waals surface area contributed by atoms with Gasteiger partial charge >= 0.3 is 0 Å². The van der Waals surface area contributed by atoms with Gasteiger partial charge in [0.25, 0.3) is 0 Å². The fraction of sp³-hybridized carbons (Fsp3) is 0.556. The van der Waals surface area contributed by atoms with Crippen molar-refractivity contribution in [2.24, 2.45) is 0 Å². The van der Waals surface area contributed by atoms with Crippen LogP contribution in [0.25, 0.3) is 11.4 Å². The van der Waals surface area contributed by atoms with Gasteiger partial charge in [-0.15, -0.1) is 0 Å². The van der Waals surface area contributed by atoms with Crippen LogP contribution in [0.3, 0.4) is 0 Å². The van der Waals surface area contributed by atoms with Crippen LogP contribution in [0, 0.1) is 0 Å². The zero-order chi connectivity index (χ0) is 22.0. The van der Waals surface area contributed by atoms with Gasteiger partial charge in [-0.2, -0.15) is 0 Å². The molecule has 0 aliphatic carbocycles. The molecular formula is C27H40N2O2. The first-order chi connectivity index (χ1) is 15.3. The topological polar surface area (TPSA) is 44.2 Å². The molecule has 31 heavy (non-hydrogen) atoms. The van der Waals surface area contributed by atoms with Crippen LogP contribution in [0.1, 0.15) is 77.2 Å². The third-order valence-corrected chi connectivity index (χ3v) is 5.10. The van der Waals surface area contributed by atoms with E-state index in [1.807, 2.05) is 0 Å². The molecule has 0 unspecified atom stereocenters. The molecule has 1 aromatic heterocycles. The Morgan fingerprint density at radius 2 is 1.48 bits per heavy atom. The fourth-order valence-corrected chi connectivity index (χ4v) is 3.27. The summed E-state index contributed by atoms with van der Waals surface area (Å²) in [5, 5.41) is 0. The van der Waals surface area contributed by atoms with Gasteiger partial charge in [0.1, 0.15) is 0 Å². The van der Waals surface area contributed by atoms with E-state index in [4.69, 9.17) is 9.47 Å². The van der Waals surface area contributed by atoms with Crippen LogP contribution >= 0.6 is 0 Å². The third kappa shape index (κ3) is 11.1. The average Bonchev–Trinajstić information content (AvgIpc) is 2.81. The lowest BCUT2D eigenvalue weighted by Gasteiger charge is -2.07. The van der Waals surface area contributed by atoms with Crippen molar-refractivity contribution in [3.05, 3.63) is 54.4 Å². The van der Waals surface area contributed by atoms with Gasteiger partial charge in [0.05, 0.1) is 19.0 Å². The first kappa shape index (κ1) is 25.1. The minimum Gasteiger partial charge on any atom is -0.490 e. The fourth-order valence-electron chi connectivity index (χ4n) is 3.27. The molecule has 170 valence electrons. The number of aryl methyl sites for hydroxylation is 1. The molecule has 2 rings (SSSR count). The molecular weight excluding hydrogens is 384 g/mol. The van der Waals surface area contributed by atoms with Crippen molar-refractivity contribution in [3.8, 4) is 17.1 Å². The van der Waals surface area contributed by atoms with Gasteiger partial charge < -0.3 is 9.47 Å². The standard InChI is InChI=1S/C27H40N2O2/c1-3-5-6-7-8-9-13-21-31-26-22-28-27(29-23-26)25-17-15-24(16-18-25)14-11-10-12-20-30-19-4-2/h6-7,15-18,22-23H,3-5,8-14,19-21H2,1-2H3/b7-6-. The molecule has 4 heteroatoms. The first-order valence-electron chi connectivity index (χ1n) is 12.1. The van der Waals surface area contributed by atoms with Crippen molar-refractivity contribution in [2.45, 2.75) is 78.1 Å². The van der Waals surface area contributed by atoms with Crippen molar-refractivity contribution < 1.29 is 9.47 Å². The number of ether oxygens (including phenoxy) is 2. The molecule has 0 saturated heterocycles. The molecule has 4 nitrogen and oxygen atoms in total. The van der Waals surface area contributed by atoms with E-state index in [9.17, 15) is 0 Å². The molecule has 1 aromatic carbocycles. The summed E-state index contributed by atoms with van der Waals surface area (Å²) >= 11 is 0. The van der Waals surface area contributed by atoms with E-state index in [0.717, 1.165) is 68.9 Å². The van der Waals surface area contributed by atoms with Gasteiger partial charge in [-0.3, -0.25) is 0 Å². The van der Waals surface area contributed by atoms with E-state index in [0.29, 0.717) is 6.61 Å². The highest BCUT2D eigenvalue weighted by Crippen LogP contribution is 2.18. The molecule has 1 heterocycles. The monoisotopic (exact) mass is 424 g/mol. The average molecular weight is 425 g/mol. The summed E-state index contributed by atoms with van der Waals surface area (Å²) in [7, 11) is 0. The highest BCUT2D eigenvalue weighted by molar-refractivity contribution is 5.55. The second kappa shape index (κ2) is 16.5. The summed E-state index contributed by atoms with van der Waals surface area (Å²) in [5.41, 5.74) is 2.41.